The molecule has 2 amide bonds. The molecule has 0 aromatic heterocycles. The minimum Gasteiger partial charge on any atom is -0.367 e. The fourth-order valence-corrected chi connectivity index (χ4v) is 0.635. The second-order valence-electron chi connectivity index (χ2n) is 1.93. The van der Waals surface area contributed by atoms with Crippen LogP contribution in [0.15, 0.2) is 0 Å². The molecule has 56 valence electrons. The van der Waals surface area contributed by atoms with E-state index in [0.717, 1.165) is 0 Å². The maximum atomic E-state index is 10.5. The van der Waals surface area contributed by atoms with Gasteiger partial charge < -0.3 is 11.5 Å². The summed E-state index contributed by atoms with van der Waals surface area (Å²) >= 11 is 0. The summed E-state index contributed by atoms with van der Waals surface area (Å²) in [7, 11) is 0. The van der Waals surface area contributed by atoms with E-state index in [1.165, 1.54) is 0 Å². The molecule has 0 aliphatic carbocycles. The van der Waals surface area contributed by atoms with Crippen molar-refractivity contribution in [3.05, 3.63) is 0 Å². The van der Waals surface area contributed by atoms with Gasteiger partial charge in [0.2, 0.25) is 0 Å². The average Bonchev–Trinajstić information content (AvgIpc) is 2.14. The van der Waals surface area contributed by atoms with E-state index in [2.05, 4.69) is 4.84 Å². The number of hydroxylamine groups is 1. The van der Waals surface area contributed by atoms with Crippen molar-refractivity contribution < 1.29 is 14.4 Å². The quantitative estimate of drug-likeness (QED) is 0.371. The van der Waals surface area contributed by atoms with E-state index in [-0.39, 0.29) is 0 Å². The van der Waals surface area contributed by atoms with E-state index in [4.69, 9.17) is 11.5 Å². The third kappa shape index (κ3) is 0.937. The van der Waals surface area contributed by atoms with Crippen LogP contribution in [0, 0.1) is 0 Å². The summed E-state index contributed by atoms with van der Waals surface area (Å²) in [6.07, 6.45) is -1.03. The van der Waals surface area contributed by atoms with Gasteiger partial charge in [-0.2, -0.15) is 0 Å². The van der Waals surface area contributed by atoms with Crippen LogP contribution in [0.25, 0.3) is 0 Å². The van der Waals surface area contributed by atoms with Crippen LogP contribution in [0.3, 0.4) is 0 Å². The SMILES string of the molecule is NC(=O)[C@H]1ONC(=O)[C@@H]1N. The zero-order valence-electron chi connectivity index (χ0n) is 5.03. The zero-order valence-corrected chi connectivity index (χ0v) is 5.03. The molecule has 1 aliphatic rings. The minimum absolute atomic E-state index is 0.524. The molecule has 1 rings (SSSR count). The van der Waals surface area contributed by atoms with Crippen LogP contribution >= 0.6 is 0 Å². The summed E-state index contributed by atoms with van der Waals surface area (Å²) in [5.41, 5.74) is 11.9. The first-order chi connectivity index (χ1) is 4.63. The number of nitrogens with one attached hydrogen (secondary N) is 1. The minimum atomic E-state index is -1.03. The smallest absolute Gasteiger partial charge is 0.263 e. The third-order valence-electron chi connectivity index (χ3n) is 1.20. The van der Waals surface area contributed by atoms with Gasteiger partial charge in [-0.15, -0.1) is 0 Å². The van der Waals surface area contributed by atoms with Gasteiger partial charge in [-0.1, -0.05) is 0 Å². The molecule has 1 saturated heterocycles. The van der Waals surface area contributed by atoms with Gasteiger partial charge in [-0.25, -0.2) is 5.48 Å². The lowest BCUT2D eigenvalue weighted by Crippen LogP contribution is -2.44. The summed E-state index contributed by atoms with van der Waals surface area (Å²) in [5.74, 6) is -1.27. The van der Waals surface area contributed by atoms with Crippen LogP contribution in [0.4, 0.5) is 0 Å². The molecule has 0 unspecified atom stereocenters. The van der Waals surface area contributed by atoms with E-state index in [9.17, 15) is 9.59 Å². The highest BCUT2D eigenvalue weighted by molar-refractivity contribution is 5.92. The lowest BCUT2D eigenvalue weighted by Gasteiger charge is -2.03. The van der Waals surface area contributed by atoms with Gasteiger partial charge in [0.25, 0.3) is 11.8 Å². The van der Waals surface area contributed by atoms with Crippen molar-refractivity contribution in [1.82, 2.24) is 5.48 Å². The molecule has 6 heteroatoms. The van der Waals surface area contributed by atoms with Gasteiger partial charge in [0, 0.05) is 0 Å². The molecule has 0 aromatic carbocycles. The number of primary amides is 1. The predicted octanol–water partition coefficient (Wildman–Crippen LogP) is -2.77. The standard InChI is InChI=1S/C4H7N3O3/c5-1-2(3(6)8)10-7-4(1)9/h1-2H,5H2,(H2,6,8)(H,7,9)/t1-,2+/m1/s1. The van der Waals surface area contributed by atoms with E-state index in [0.29, 0.717) is 0 Å². The average molecular weight is 145 g/mol. The molecule has 5 N–H and O–H groups in total. The Morgan fingerprint density at radius 3 is 2.50 bits per heavy atom. The van der Waals surface area contributed by atoms with Crippen molar-refractivity contribution in [3.63, 3.8) is 0 Å². The van der Waals surface area contributed by atoms with Gasteiger partial charge in [-0.3, -0.25) is 14.4 Å². The van der Waals surface area contributed by atoms with Crippen molar-refractivity contribution in [3.8, 4) is 0 Å². The molecule has 0 spiro atoms. The number of hydrogen-bond acceptors (Lipinski definition) is 4. The summed E-state index contributed by atoms with van der Waals surface area (Å²) in [5, 5.41) is 0. The van der Waals surface area contributed by atoms with Crippen molar-refractivity contribution in [2.75, 3.05) is 0 Å². The summed E-state index contributed by atoms with van der Waals surface area (Å²) < 4.78 is 0. The second-order valence-corrected chi connectivity index (χ2v) is 1.93. The van der Waals surface area contributed by atoms with Gasteiger partial charge in [0.1, 0.15) is 6.04 Å². The van der Waals surface area contributed by atoms with Gasteiger partial charge in [-0.05, 0) is 0 Å². The van der Waals surface area contributed by atoms with Gasteiger partial charge in [0.15, 0.2) is 6.10 Å². The van der Waals surface area contributed by atoms with Crippen molar-refractivity contribution >= 4 is 11.8 Å². The first kappa shape index (κ1) is 6.97. The second kappa shape index (κ2) is 2.24. The first-order valence-corrected chi connectivity index (χ1v) is 2.63. The predicted molar refractivity (Wildman–Crippen MR) is 30.2 cm³/mol. The summed E-state index contributed by atoms with van der Waals surface area (Å²) in [4.78, 5) is 25.3. The first-order valence-electron chi connectivity index (χ1n) is 2.63. The lowest BCUT2D eigenvalue weighted by atomic mass is 10.2. The molecule has 6 nitrogen and oxygen atoms in total. The largest absolute Gasteiger partial charge is 0.367 e. The molecular formula is C4H7N3O3. The van der Waals surface area contributed by atoms with Crippen molar-refractivity contribution in [1.29, 1.82) is 0 Å². The Bertz CT molecular complexity index is 181. The Morgan fingerprint density at radius 2 is 2.30 bits per heavy atom. The Balaban J connectivity index is 2.66. The van der Waals surface area contributed by atoms with Crippen LogP contribution in [0.5, 0.6) is 0 Å². The van der Waals surface area contributed by atoms with E-state index in [1.807, 2.05) is 5.48 Å². The molecule has 1 aliphatic heterocycles. The monoisotopic (exact) mass is 145 g/mol. The van der Waals surface area contributed by atoms with Crippen LogP contribution in [0.1, 0.15) is 0 Å². The summed E-state index contributed by atoms with van der Waals surface area (Å²) in [6.45, 7) is 0. The zero-order chi connectivity index (χ0) is 7.72. The van der Waals surface area contributed by atoms with Crippen LogP contribution in [0.2, 0.25) is 0 Å². The van der Waals surface area contributed by atoms with Crippen LogP contribution in [-0.2, 0) is 14.4 Å². The Kier molecular flexibility index (Phi) is 1.56. The number of amides is 2. The summed E-state index contributed by atoms with van der Waals surface area (Å²) in [6, 6.07) is -0.975. The Hall–Kier alpha value is -1.14. The van der Waals surface area contributed by atoms with E-state index in [1.54, 1.807) is 0 Å². The fourth-order valence-electron chi connectivity index (χ4n) is 0.635. The molecule has 2 atom stereocenters. The number of nitrogens with two attached hydrogens (primary N) is 2. The highest BCUT2D eigenvalue weighted by Gasteiger charge is 2.37. The van der Waals surface area contributed by atoms with Crippen molar-refractivity contribution in [2.45, 2.75) is 12.1 Å². The highest BCUT2D eigenvalue weighted by atomic mass is 16.7. The molecule has 0 aromatic rings. The molecule has 0 saturated carbocycles. The lowest BCUT2D eigenvalue weighted by molar-refractivity contribution is -0.131. The van der Waals surface area contributed by atoms with Crippen LogP contribution in [-0.4, -0.2) is 24.0 Å². The molecule has 10 heavy (non-hydrogen) atoms. The number of carbonyl (C=O) groups excluding carboxylic acids is 2. The molecule has 0 radical (unpaired) electrons. The topological polar surface area (TPSA) is 107 Å². The fraction of sp³-hybridized carbons (Fsp3) is 0.500. The number of carbonyl (C=O) groups is 2. The highest BCUT2D eigenvalue weighted by Crippen LogP contribution is 2.01. The Morgan fingerprint density at radius 1 is 1.70 bits per heavy atom. The molecule has 0 bridgehead atoms. The maximum absolute atomic E-state index is 10.5. The normalized spacial score (nSPS) is 31.9. The van der Waals surface area contributed by atoms with E-state index >= 15 is 0 Å². The number of hydrogen-bond donors (Lipinski definition) is 3. The maximum Gasteiger partial charge on any atom is 0.263 e. The van der Waals surface area contributed by atoms with E-state index < -0.39 is 24.0 Å². The number of rotatable bonds is 1. The molecule has 1 fully saturated rings. The molecular weight excluding hydrogens is 138 g/mol. The van der Waals surface area contributed by atoms with Gasteiger partial charge in [0.05, 0.1) is 0 Å². The third-order valence-corrected chi connectivity index (χ3v) is 1.20. The van der Waals surface area contributed by atoms with Crippen molar-refractivity contribution in [2.24, 2.45) is 11.5 Å². The van der Waals surface area contributed by atoms with Gasteiger partial charge >= 0.3 is 0 Å². The Labute approximate surface area is 56.4 Å². The van der Waals surface area contributed by atoms with Crippen LogP contribution < -0.4 is 16.9 Å². The molecule has 1 heterocycles.